The summed E-state index contributed by atoms with van der Waals surface area (Å²) in [5.41, 5.74) is 14.6. The zero-order valence-electron chi connectivity index (χ0n) is 41.8. The third-order valence-electron chi connectivity index (χ3n) is 16.3. The topological polar surface area (TPSA) is 78.8 Å². The van der Waals surface area contributed by atoms with Gasteiger partial charge in [-0.25, -0.2) is 0 Å². The molecule has 0 radical (unpaired) electrons. The van der Waals surface area contributed by atoms with Gasteiger partial charge in [-0.2, -0.15) is 10.5 Å². The second kappa shape index (κ2) is 16.1. The molecular weight excluding hydrogens is 949 g/mol. The average Bonchev–Trinajstić information content (AvgIpc) is 4.50. The van der Waals surface area contributed by atoms with Crippen LogP contribution in [0.25, 0.3) is 116 Å². The van der Waals surface area contributed by atoms with Crippen LogP contribution in [0, 0.1) is 48.9 Å². The first-order valence-corrected chi connectivity index (χ1v) is 26.4. The second-order valence-corrected chi connectivity index (χ2v) is 21.3. The summed E-state index contributed by atoms with van der Waals surface area (Å²) in [4.78, 5) is 3.67. The van der Waals surface area contributed by atoms with Gasteiger partial charge < -0.3 is 23.0 Å². The van der Waals surface area contributed by atoms with Gasteiger partial charge in [0.15, 0.2) is 5.58 Å². The molecule has 13 aromatic rings. The molecule has 6 heterocycles. The first kappa shape index (κ1) is 43.8. The van der Waals surface area contributed by atoms with Crippen molar-refractivity contribution < 1.29 is 4.42 Å². The monoisotopic (exact) mass is 992 g/mol. The molecule has 7 nitrogen and oxygen atoms in total. The molecular formula is C68H44N6OS. The molecule has 5 aromatic heterocycles. The standard InChI is InChI=1S/C68H44N6OS/c1-6-8-18-42-40(5)75-67-50(42)32-30-48-41(7-2)39(4)71(64(48)67)66-62(72-55-24-13-9-19-43(55)44-20-10-14-25-56(44)72)53(36-69)61(54(37-70)63(66)73-57-26-15-11-21-45(57)46-22-12-16-27-58(46)73)74-59-34-29-38(3)35-52(59)49-31-33-51-47-23-17-28-60(47)76-68(51)65(49)74/h1,7-27,29-35,39,41H,2,28H2,3-5H3/b18-8-. The number of nitrogens with zero attached hydrogens (tertiary/aromatic N) is 6. The second-order valence-electron chi connectivity index (χ2n) is 20.2. The van der Waals surface area contributed by atoms with Crippen LogP contribution < -0.4 is 4.90 Å². The van der Waals surface area contributed by atoms with E-state index < -0.39 is 0 Å². The van der Waals surface area contributed by atoms with Gasteiger partial charge in [-0.15, -0.1) is 24.3 Å². The molecule has 1 aliphatic carbocycles. The number of nitriles is 2. The van der Waals surface area contributed by atoms with Gasteiger partial charge in [0.2, 0.25) is 0 Å². The predicted molar refractivity (Wildman–Crippen MR) is 315 cm³/mol. The summed E-state index contributed by atoms with van der Waals surface area (Å²) >= 11 is 1.81. The summed E-state index contributed by atoms with van der Waals surface area (Å²) in [5, 5.41) is 33.7. The lowest BCUT2D eigenvalue weighted by molar-refractivity contribution is 0.577. The van der Waals surface area contributed by atoms with Crippen molar-refractivity contribution in [2.45, 2.75) is 39.2 Å². The van der Waals surface area contributed by atoms with E-state index in [4.69, 9.17) is 10.8 Å². The van der Waals surface area contributed by atoms with Gasteiger partial charge >= 0.3 is 0 Å². The van der Waals surface area contributed by atoms with E-state index in [9.17, 15) is 10.5 Å². The third-order valence-corrected chi connectivity index (χ3v) is 17.6. The lowest BCUT2D eigenvalue weighted by atomic mass is 9.95. The fourth-order valence-corrected chi connectivity index (χ4v) is 14.5. The van der Waals surface area contributed by atoms with Gasteiger partial charge in [0, 0.05) is 71.9 Å². The van der Waals surface area contributed by atoms with Crippen molar-refractivity contribution in [2.75, 3.05) is 4.90 Å². The molecule has 8 aromatic carbocycles. The number of allylic oxidation sites excluding steroid dienone is 2. The molecule has 2 atom stereocenters. The summed E-state index contributed by atoms with van der Waals surface area (Å²) in [7, 11) is 0. The summed E-state index contributed by atoms with van der Waals surface area (Å²) < 4.78 is 15.0. The van der Waals surface area contributed by atoms with Crippen LogP contribution in [0.2, 0.25) is 0 Å². The average molecular weight is 993 g/mol. The zero-order valence-corrected chi connectivity index (χ0v) is 42.6. The van der Waals surface area contributed by atoms with Gasteiger partial charge in [0.25, 0.3) is 0 Å². The molecule has 358 valence electrons. The summed E-state index contributed by atoms with van der Waals surface area (Å²) in [6, 6.07) is 54.7. The number of benzene rings is 8. The lowest BCUT2D eigenvalue weighted by Crippen LogP contribution is -2.30. The van der Waals surface area contributed by atoms with Crippen LogP contribution >= 0.6 is 11.3 Å². The minimum absolute atomic E-state index is 0.189. The number of thiophene rings is 1. The molecule has 0 bridgehead atoms. The number of hydrogen-bond acceptors (Lipinski definition) is 5. The Kier molecular flexibility index (Phi) is 9.28. The number of aryl methyl sites for hydroxylation is 2. The normalized spacial score (nSPS) is 15.1. The molecule has 0 spiro atoms. The Morgan fingerprint density at radius 2 is 1.20 bits per heavy atom. The van der Waals surface area contributed by atoms with Crippen molar-refractivity contribution in [2.24, 2.45) is 0 Å². The van der Waals surface area contributed by atoms with Crippen LogP contribution in [-0.2, 0) is 6.42 Å². The van der Waals surface area contributed by atoms with Crippen LogP contribution in [0.3, 0.4) is 0 Å². The van der Waals surface area contributed by atoms with Gasteiger partial charge in [-0.1, -0.05) is 133 Å². The van der Waals surface area contributed by atoms with E-state index in [1.807, 2.05) is 30.4 Å². The summed E-state index contributed by atoms with van der Waals surface area (Å²) in [5.74, 6) is 3.22. The number of hydrogen-bond donors (Lipinski definition) is 0. The van der Waals surface area contributed by atoms with Gasteiger partial charge in [0.05, 0.1) is 66.2 Å². The number of fused-ring (bicyclic) bond motifs is 16. The molecule has 0 N–H and O–H groups in total. The van der Waals surface area contributed by atoms with Crippen molar-refractivity contribution in [3.05, 3.63) is 208 Å². The smallest absolute Gasteiger partial charge is 0.158 e. The quantitative estimate of drug-likeness (QED) is 0.123. The van der Waals surface area contributed by atoms with Crippen molar-refractivity contribution in [1.82, 2.24) is 13.7 Å². The maximum atomic E-state index is 12.7. The van der Waals surface area contributed by atoms with E-state index in [0.29, 0.717) is 39.5 Å². The fourth-order valence-electron chi connectivity index (χ4n) is 13.2. The molecule has 15 rings (SSSR count). The van der Waals surface area contributed by atoms with E-state index in [-0.39, 0.29) is 12.0 Å². The summed E-state index contributed by atoms with van der Waals surface area (Å²) in [6.45, 7) is 10.8. The fraction of sp³-hybridized carbons (Fsp3) is 0.0882. The number of para-hydroxylation sites is 4. The number of terminal acetylenes is 1. The highest BCUT2D eigenvalue weighted by Gasteiger charge is 2.44. The lowest BCUT2D eigenvalue weighted by Gasteiger charge is -2.34. The molecule has 0 fully saturated rings. The van der Waals surface area contributed by atoms with E-state index in [0.717, 1.165) is 115 Å². The van der Waals surface area contributed by atoms with Crippen molar-refractivity contribution in [1.29, 1.82) is 10.5 Å². The predicted octanol–water partition coefficient (Wildman–Crippen LogP) is 17.3. The SMILES string of the molecule is C#C/C=C\c1c(C)oc2c3c(ccc12)C(C=C)C(C)N3c1c(-n2c3ccccc3c3ccccc32)c(C#N)c(-n2c3ccc(C)cc3c3ccc4c5c(sc4c32)CC=C5)c(C#N)c1-n1c2ccccc2c2ccccc21. The van der Waals surface area contributed by atoms with Crippen LogP contribution in [0.1, 0.15) is 56.9 Å². The maximum Gasteiger partial charge on any atom is 0.158 e. The summed E-state index contributed by atoms with van der Waals surface area (Å²) in [6.07, 6.45) is 16.8. The van der Waals surface area contributed by atoms with E-state index in [2.05, 4.69) is 209 Å². The van der Waals surface area contributed by atoms with E-state index >= 15 is 0 Å². The molecule has 8 heteroatoms. The van der Waals surface area contributed by atoms with Crippen molar-refractivity contribution in [3.8, 4) is 41.5 Å². The molecule has 76 heavy (non-hydrogen) atoms. The molecule has 0 saturated heterocycles. The van der Waals surface area contributed by atoms with Gasteiger partial charge in [-0.3, -0.25) is 0 Å². The highest BCUT2D eigenvalue weighted by atomic mass is 32.1. The largest absolute Gasteiger partial charge is 0.459 e. The number of anilines is 2. The van der Waals surface area contributed by atoms with Crippen LogP contribution in [0.5, 0.6) is 0 Å². The minimum Gasteiger partial charge on any atom is -0.459 e. The van der Waals surface area contributed by atoms with Crippen molar-refractivity contribution in [3.63, 3.8) is 0 Å². The highest BCUT2D eigenvalue weighted by Crippen LogP contribution is 2.57. The van der Waals surface area contributed by atoms with Gasteiger partial charge in [0.1, 0.15) is 29.0 Å². The molecule has 0 amide bonds. The molecule has 2 aliphatic rings. The number of furan rings is 1. The third kappa shape index (κ3) is 5.65. The number of rotatable bonds is 6. The minimum atomic E-state index is -0.298. The van der Waals surface area contributed by atoms with E-state index in [1.165, 1.54) is 10.4 Å². The Hall–Kier alpha value is -9.78. The number of aromatic nitrogens is 3. The first-order chi connectivity index (χ1) is 37.3. The molecule has 0 saturated carbocycles. The van der Waals surface area contributed by atoms with Crippen LogP contribution in [0.4, 0.5) is 11.4 Å². The van der Waals surface area contributed by atoms with Gasteiger partial charge in [-0.05, 0) is 80.4 Å². The van der Waals surface area contributed by atoms with Crippen molar-refractivity contribution >= 4 is 121 Å². The van der Waals surface area contributed by atoms with Crippen LogP contribution in [0.15, 0.2) is 169 Å². The zero-order chi connectivity index (χ0) is 51.2. The maximum absolute atomic E-state index is 12.7. The van der Waals surface area contributed by atoms with E-state index in [1.54, 1.807) is 6.08 Å². The Morgan fingerprint density at radius 3 is 1.78 bits per heavy atom. The molecule has 2 unspecified atom stereocenters. The Balaban J connectivity index is 1.25. The highest BCUT2D eigenvalue weighted by molar-refractivity contribution is 7.20. The first-order valence-electron chi connectivity index (χ1n) is 25.6. The Labute approximate surface area is 441 Å². The van der Waals surface area contributed by atoms with Crippen LogP contribution in [-0.4, -0.2) is 19.7 Å². The Morgan fingerprint density at radius 1 is 0.632 bits per heavy atom. The molecule has 1 aliphatic heterocycles. The Bertz CT molecular complexity index is 4720.